The van der Waals surface area contributed by atoms with E-state index < -0.39 is 0 Å². The lowest BCUT2D eigenvalue weighted by Crippen LogP contribution is -2.31. The summed E-state index contributed by atoms with van der Waals surface area (Å²) in [5, 5.41) is 3.36. The zero-order valence-electron chi connectivity index (χ0n) is 25.1. The SMILES string of the molecule is CCC(=O)C(C)CN(Cc1ccccc1)c1ccccc1.CCC(=O)CC.c1ccc(CNc2ccccc2)cc1. The molecule has 0 radical (unpaired) electrons. The van der Waals surface area contributed by atoms with Gasteiger partial charge in [0.2, 0.25) is 0 Å². The first-order chi connectivity index (χ1) is 20.0. The number of hydrogen-bond acceptors (Lipinski definition) is 4. The van der Waals surface area contributed by atoms with Crippen LogP contribution < -0.4 is 10.2 Å². The van der Waals surface area contributed by atoms with Crippen LogP contribution in [0.1, 0.15) is 58.1 Å². The Morgan fingerprint density at radius 1 is 0.634 bits per heavy atom. The highest BCUT2D eigenvalue weighted by Crippen LogP contribution is 2.19. The van der Waals surface area contributed by atoms with Gasteiger partial charge in [-0.2, -0.15) is 0 Å². The highest BCUT2D eigenvalue weighted by molar-refractivity contribution is 5.81. The molecule has 0 amide bonds. The molecule has 41 heavy (non-hydrogen) atoms. The van der Waals surface area contributed by atoms with E-state index in [2.05, 4.69) is 83.0 Å². The smallest absolute Gasteiger partial charge is 0.137 e. The number of Topliss-reactive ketones (excluding diaryl/α,β-unsaturated/α-hetero) is 2. The van der Waals surface area contributed by atoms with E-state index in [1.165, 1.54) is 11.1 Å². The fourth-order valence-electron chi connectivity index (χ4n) is 4.09. The molecule has 4 aromatic rings. The van der Waals surface area contributed by atoms with Crippen LogP contribution in [0.15, 0.2) is 121 Å². The van der Waals surface area contributed by atoms with Gasteiger partial charge < -0.3 is 10.2 Å². The Morgan fingerprint density at radius 2 is 1.10 bits per heavy atom. The quantitative estimate of drug-likeness (QED) is 0.191. The molecule has 0 aliphatic carbocycles. The van der Waals surface area contributed by atoms with E-state index in [9.17, 15) is 9.59 Å². The molecule has 216 valence electrons. The molecule has 4 rings (SSSR count). The highest BCUT2D eigenvalue weighted by atomic mass is 16.1. The van der Waals surface area contributed by atoms with Gasteiger partial charge in [-0.25, -0.2) is 0 Å². The summed E-state index contributed by atoms with van der Waals surface area (Å²) in [5.41, 5.74) is 4.89. The van der Waals surface area contributed by atoms with Gasteiger partial charge in [0, 0.05) is 56.2 Å². The lowest BCUT2D eigenvalue weighted by molar-refractivity contribution is -0.122. The number of benzene rings is 4. The van der Waals surface area contributed by atoms with Gasteiger partial charge in [0.1, 0.15) is 11.6 Å². The number of anilines is 2. The Balaban J connectivity index is 0.000000252. The lowest BCUT2D eigenvalue weighted by atomic mass is 10.0. The Hall–Kier alpha value is -4.18. The van der Waals surface area contributed by atoms with Gasteiger partial charge in [0.15, 0.2) is 0 Å². The molecule has 4 heteroatoms. The number of nitrogens with zero attached hydrogens (tertiary/aromatic N) is 1. The minimum Gasteiger partial charge on any atom is -0.381 e. The number of para-hydroxylation sites is 2. The second-order valence-corrected chi connectivity index (χ2v) is 9.87. The zero-order chi connectivity index (χ0) is 29.7. The van der Waals surface area contributed by atoms with Crippen molar-refractivity contribution in [1.82, 2.24) is 0 Å². The maximum atomic E-state index is 11.9. The molecular weight excluding hydrogens is 504 g/mol. The first-order valence-corrected chi connectivity index (χ1v) is 14.7. The monoisotopic (exact) mass is 550 g/mol. The van der Waals surface area contributed by atoms with Crippen molar-refractivity contribution in [2.75, 3.05) is 16.8 Å². The predicted octanol–water partition coefficient (Wildman–Crippen LogP) is 8.98. The van der Waals surface area contributed by atoms with E-state index in [0.29, 0.717) is 30.8 Å². The average molecular weight is 551 g/mol. The summed E-state index contributed by atoms with van der Waals surface area (Å²) in [6.07, 6.45) is 1.99. The number of rotatable bonds is 12. The summed E-state index contributed by atoms with van der Waals surface area (Å²) < 4.78 is 0. The van der Waals surface area contributed by atoms with Gasteiger partial charge in [0.05, 0.1) is 0 Å². The molecule has 0 saturated heterocycles. The van der Waals surface area contributed by atoms with Crippen LogP contribution in [0.4, 0.5) is 11.4 Å². The summed E-state index contributed by atoms with van der Waals surface area (Å²) in [5.74, 6) is 0.720. The van der Waals surface area contributed by atoms with E-state index in [1.54, 1.807) is 0 Å². The van der Waals surface area contributed by atoms with E-state index in [4.69, 9.17) is 0 Å². The van der Waals surface area contributed by atoms with Crippen LogP contribution >= 0.6 is 0 Å². The summed E-state index contributed by atoms with van der Waals surface area (Å²) in [7, 11) is 0. The molecule has 0 bridgehead atoms. The number of hydrogen-bond donors (Lipinski definition) is 1. The minimum atomic E-state index is 0.0546. The topological polar surface area (TPSA) is 49.4 Å². The fraction of sp³-hybridized carbons (Fsp3) is 0.297. The van der Waals surface area contributed by atoms with E-state index in [1.807, 2.05) is 76.2 Å². The highest BCUT2D eigenvalue weighted by Gasteiger charge is 2.16. The standard InChI is InChI=1S/C19H23NO.C13H13N.C5H10O/c1-3-19(21)16(2)14-20(18-12-8-5-9-13-18)15-17-10-6-4-7-11-17;1-3-7-12(8-4-1)11-14-13-9-5-2-6-10-13;1-3-5(6)4-2/h4-13,16H,3,14-15H2,1-2H3;1-10,14H,11H2;3-4H2,1-2H3. The number of carbonyl (C=O) groups excluding carboxylic acids is 2. The number of nitrogens with one attached hydrogen (secondary N) is 1. The summed E-state index contributed by atoms with van der Waals surface area (Å²) in [4.78, 5) is 24.4. The summed E-state index contributed by atoms with van der Waals surface area (Å²) in [6, 6.07) is 41.3. The molecule has 0 aliphatic heterocycles. The van der Waals surface area contributed by atoms with Crippen molar-refractivity contribution in [2.24, 2.45) is 5.92 Å². The molecule has 0 spiro atoms. The summed E-state index contributed by atoms with van der Waals surface area (Å²) in [6.45, 7) is 10.2. The normalized spacial score (nSPS) is 10.6. The molecule has 0 aromatic heterocycles. The molecule has 1 atom stereocenters. The summed E-state index contributed by atoms with van der Waals surface area (Å²) >= 11 is 0. The third-order valence-corrected chi connectivity index (χ3v) is 6.63. The van der Waals surface area contributed by atoms with Gasteiger partial charge in [-0.1, -0.05) is 125 Å². The first-order valence-electron chi connectivity index (χ1n) is 14.7. The predicted molar refractivity (Wildman–Crippen MR) is 174 cm³/mol. The van der Waals surface area contributed by atoms with Crippen LogP contribution in [0.25, 0.3) is 0 Å². The average Bonchev–Trinajstić information content (AvgIpc) is 3.05. The van der Waals surface area contributed by atoms with Gasteiger partial charge >= 0.3 is 0 Å². The number of ketones is 2. The molecule has 4 nitrogen and oxygen atoms in total. The molecular formula is C37H46N2O2. The molecule has 1 N–H and O–H groups in total. The Kier molecular flexibility index (Phi) is 16.0. The second-order valence-electron chi connectivity index (χ2n) is 9.87. The van der Waals surface area contributed by atoms with Crippen molar-refractivity contribution in [3.05, 3.63) is 132 Å². The minimum absolute atomic E-state index is 0.0546. The molecule has 0 fully saturated rings. The Morgan fingerprint density at radius 3 is 1.56 bits per heavy atom. The van der Waals surface area contributed by atoms with Crippen molar-refractivity contribution in [2.45, 2.75) is 60.0 Å². The van der Waals surface area contributed by atoms with Crippen LogP contribution in [0.5, 0.6) is 0 Å². The Bertz CT molecular complexity index is 1180. The molecule has 0 aliphatic rings. The fourth-order valence-corrected chi connectivity index (χ4v) is 4.09. The third-order valence-electron chi connectivity index (χ3n) is 6.63. The lowest BCUT2D eigenvalue weighted by Gasteiger charge is -2.27. The van der Waals surface area contributed by atoms with Gasteiger partial charge in [-0.3, -0.25) is 9.59 Å². The molecule has 1 unspecified atom stereocenters. The van der Waals surface area contributed by atoms with Crippen molar-refractivity contribution in [3.63, 3.8) is 0 Å². The maximum absolute atomic E-state index is 11.9. The molecule has 4 aromatic carbocycles. The van der Waals surface area contributed by atoms with Crippen LogP contribution in [-0.4, -0.2) is 18.1 Å². The number of carbonyl (C=O) groups is 2. The maximum Gasteiger partial charge on any atom is 0.137 e. The van der Waals surface area contributed by atoms with Gasteiger partial charge in [-0.15, -0.1) is 0 Å². The molecule has 0 heterocycles. The van der Waals surface area contributed by atoms with E-state index >= 15 is 0 Å². The second kappa shape index (κ2) is 19.8. The van der Waals surface area contributed by atoms with Crippen LogP contribution in [-0.2, 0) is 22.7 Å². The zero-order valence-corrected chi connectivity index (χ0v) is 25.1. The van der Waals surface area contributed by atoms with Crippen LogP contribution in [0.3, 0.4) is 0 Å². The van der Waals surface area contributed by atoms with Crippen LogP contribution in [0, 0.1) is 5.92 Å². The molecule has 0 saturated carbocycles. The van der Waals surface area contributed by atoms with E-state index in [0.717, 1.165) is 31.0 Å². The van der Waals surface area contributed by atoms with Crippen molar-refractivity contribution < 1.29 is 9.59 Å². The van der Waals surface area contributed by atoms with Crippen molar-refractivity contribution >= 4 is 22.9 Å². The largest absolute Gasteiger partial charge is 0.381 e. The van der Waals surface area contributed by atoms with Gasteiger partial charge in [0.25, 0.3) is 0 Å². The van der Waals surface area contributed by atoms with E-state index in [-0.39, 0.29) is 5.92 Å². The first kappa shape index (κ1) is 33.0. The van der Waals surface area contributed by atoms with Crippen LogP contribution in [0.2, 0.25) is 0 Å². The van der Waals surface area contributed by atoms with Crippen molar-refractivity contribution in [1.29, 1.82) is 0 Å². The van der Waals surface area contributed by atoms with Crippen molar-refractivity contribution in [3.8, 4) is 0 Å². The van der Waals surface area contributed by atoms with Gasteiger partial charge in [-0.05, 0) is 35.4 Å². The Labute approximate surface area is 247 Å². The third kappa shape index (κ3) is 13.6.